The van der Waals surface area contributed by atoms with Gasteiger partial charge in [0.15, 0.2) is 0 Å². The monoisotopic (exact) mass is 327 g/mol. The first-order valence-corrected chi connectivity index (χ1v) is 7.71. The van der Waals surface area contributed by atoms with Crippen molar-refractivity contribution in [2.45, 2.75) is 13.8 Å². The molecule has 1 amide bonds. The Labute approximate surface area is 141 Å². The molecule has 0 aliphatic carbocycles. The topological polar surface area (TPSA) is 55.8 Å². The first-order valence-electron chi connectivity index (χ1n) is 7.71. The van der Waals surface area contributed by atoms with Crippen LogP contribution < -0.4 is 4.74 Å². The van der Waals surface area contributed by atoms with E-state index >= 15 is 0 Å². The summed E-state index contributed by atoms with van der Waals surface area (Å²) in [6.07, 6.45) is 3.29. The van der Waals surface area contributed by atoms with Crippen LogP contribution in [-0.2, 0) is 14.3 Å². The van der Waals surface area contributed by atoms with E-state index in [9.17, 15) is 9.59 Å². The number of ether oxygens (including phenoxy) is 2. The van der Waals surface area contributed by atoms with Crippen molar-refractivity contribution in [1.29, 1.82) is 0 Å². The van der Waals surface area contributed by atoms with Crippen LogP contribution in [0.1, 0.15) is 19.4 Å². The lowest BCUT2D eigenvalue weighted by Gasteiger charge is -2.14. The summed E-state index contributed by atoms with van der Waals surface area (Å²) in [5, 5.41) is 0. The molecule has 0 unspecified atom stereocenters. The van der Waals surface area contributed by atoms with E-state index < -0.39 is 5.97 Å². The van der Waals surface area contributed by atoms with Gasteiger partial charge in [-0.1, -0.05) is 24.3 Å². The molecule has 0 saturated heterocycles. The van der Waals surface area contributed by atoms with E-state index in [1.165, 1.54) is 12.0 Å². The van der Waals surface area contributed by atoms with Crippen LogP contribution in [0.25, 0.3) is 6.08 Å². The molecule has 0 aromatic heterocycles. The van der Waals surface area contributed by atoms with Crippen molar-refractivity contribution >= 4 is 18.0 Å². The van der Waals surface area contributed by atoms with Crippen LogP contribution in [-0.4, -0.2) is 37.0 Å². The molecule has 0 N–H and O–H groups in total. The highest BCUT2D eigenvalue weighted by Gasteiger charge is 2.36. The third-order valence-electron chi connectivity index (χ3n) is 3.73. The highest BCUT2D eigenvalue weighted by atomic mass is 16.5. The van der Waals surface area contributed by atoms with Crippen molar-refractivity contribution in [3.8, 4) is 5.75 Å². The van der Waals surface area contributed by atoms with Crippen molar-refractivity contribution in [3.63, 3.8) is 0 Å². The molecule has 0 bridgehead atoms. The Morgan fingerprint density at radius 1 is 1.33 bits per heavy atom. The van der Waals surface area contributed by atoms with E-state index in [4.69, 9.17) is 9.47 Å². The molecule has 1 aliphatic rings. The molecule has 0 atom stereocenters. The number of carbonyl (C=O) groups excluding carboxylic acids is 2. The summed E-state index contributed by atoms with van der Waals surface area (Å²) in [7, 11) is 1.30. The summed E-state index contributed by atoms with van der Waals surface area (Å²) in [5.74, 6) is -0.129. The van der Waals surface area contributed by atoms with E-state index in [0.717, 1.165) is 5.56 Å². The Morgan fingerprint density at radius 2 is 2.04 bits per heavy atom. The lowest BCUT2D eigenvalue weighted by Crippen LogP contribution is -2.25. The fourth-order valence-electron chi connectivity index (χ4n) is 2.62. The van der Waals surface area contributed by atoms with Crippen LogP contribution in [0.2, 0.25) is 0 Å². The first kappa shape index (κ1) is 17.5. The maximum absolute atomic E-state index is 12.7. The lowest BCUT2D eigenvalue weighted by atomic mass is 10.0. The molecule has 1 aromatic carbocycles. The second kappa shape index (κ2) is 7.64. The largest absolute Gasteiger partial charge is 0.493 e. The van der Waals surface area contributed by atoms with Gasteiger partial charge >= 0.3 is 5.97 Å². The Morgan fingerprint density at radius 3 is 2.67 bits per heavy atom. The average Bonchev–Trinajstić information content (AvgIpc) is 2.81. The molecule has 126 valence electrons. The zero-order chi connectivity index (χ0) is 17.7. The van der Waals surface area contributed by atoms with Gasteiger partial charge in [0.25, 0.3) is 5.91 Å². The van der Waals surface area contributed by atoms with Gasteiger partial charge in [0, 0.05) is 17.8 Å². The Kier molecular flexibility index (Phi) is 5.58. The standard InChI is InChI=1S/C19H21NO4/c1-5-11-20-13(3)17(19(22)23-4)15(18(20)21)12-14-9-7-8-10-16(14)24-6-2/h5,7-10,12H,1,6,11H2,2-4H3/b15-12-. The number of allylic oxidation sites excluding steroid dienone is 1. The van der Waals surface area contributed by atoms with Gasteiger partial charge in [0.2, 0.25) is 0 Å². The van der Waals surface area contributed by atoms with E-state index in [1.54, 1.807) is 19.1 Å². The molecule has 2 rings (SSSR count). The predicted octanol–water partition coefficient (Wildman–Crippen LogP) is 2.94. The van der Waals surface area contributed by atoms with Gasteiger partial charge in [-0.05, 0) is 26.0 Å². The van der Waals surface area contributed by atoms with Gasteiger partial charge in [0.05, 0.1) is 24.9 Å². The van der Waals surface area contributed by atoms with Gasteiger partial charge in [-0.2, -0.15) is 0 Å². The number of esters is 1. The van der Waals surface area contributed by atoms with Crippen molar-refractivity contribution in [3.05, 3.63) is 59.3 Å². The summed E-state index contributed by atoms with van der Waals surface area (Å²) < 4.78 is 10.4. The molecule has 0 spiro atoms. The normalized spacial score (nSPS) is 15.9. The Balaban J connectivity index is 2.56. The van der Waals surface area contributed by atoms with Crippen LogP contribution in [0.4, 0.5) is 0 Å². The van der Waals surface area contributed by atoms with E-state index in [-0.39, 0.29) is 11.5 Å². The molecule has 1 aliphatic heterocycles. The number of hydrogen-bond acceptors (Lipinski definition) is 4. The third-order valence-corrected chi connectivity index (χ3v) is 3.73. The van der Waals surface area contributed by atoms with Crippen molar-refractivity contribution in [1.82, 2.24) is 4.90 Å². The zero-order valence-corrected chi connectivity index (χ0v) is 14.2. The van der Waals surface area contributed by atoms with Crippen LogP contribution in [0.15, 0.2) is 53.8 Å². The Hall–Kier alpha value is -2.82. The zero-order valence-electron chi connectivity index (χ0n) is 14.2. The van der Waals surface area contributed by atoms with Gasteiger partial charge in [-0.25, -0.2) is 4.79 Å². The average molecular weight is 327 g/mol. The number of rotatable bonds is 6. The third kappa shape index (κ3) is 3.25. The fourth-order valence-corrected chi connectivity index (χ4v) is 2.62. The quantitative estimate of drug-likeness (QED) is 0.458. The summed E-state index contributed by atoms with van der Waals surface area (Å²) in [5.41, 5.74) is 1.87. The highest BCUT2D eigenvalue weighted by molar-refractivity contribution is 6.16. The summed E-state index contributed by atoms with van der Waals surface area (Å²) >= 11 is 0. The number of benzene rings is 1. The van der Waals surface area contributed by atoms with Crippen LogP contribution >= 0.6 is 0 Å². The number of nitrogens with zero attached hydrogens (tertiary/aromatic N) is 1. The second-order valence-electron chi connectivity index (χ2n) is 5.19. The van der Waals surface area contributed by atoms with Gasteiger partial charge in [-0.15, -0.1) is 6.58 Å². The minimum atomic E-state index is -0.535. The number of hydrogen-bond donors (Lipinski definition) is 0. The number of carbonyl (C=O) groups is 2. The van der Waals surface area contributed by atoms with E-state index in [1.807, 2.05) is 31.2 Å². The molecular formula is C19H21NO4. The Bertz CT molecular complexity index is 731. The smallest absolute Gasteiger partial charge is 0.340 e. The molecule has 5 nitrogen and oxygen atoms in total. The number of para-hydroxylation sites is 1. The second-order valence-corrected chi connectivity index (χ2v) is 5.19. The highest BCUT2D eigenvalue weighted by Crippen LogP contribution is 2.33. The number of methoxy groups -OCH3 is 1. The van der Waals surface area contributed by atoms with Gasteiger partial charge < -0.3 is 14.4 Å². The molecule has 1 heterocycles. The van der Waals surface area contributed by atoms with Crippen LogP contribution in [0.5, 0.6) is 5.75 Å². The van der Waals surface area contributed by atoms with Crippen LogP contribution in [0.3, 0.4) is 0 Å². The predicted molar refractivity (Wildman–Crippen MR) is 92.2 cm³/mol. The minimum absolute atomic E-state index is 0.251. The van der Waals surface area contributed by atoms with Crippen molar-refractivity contribution in [2.75, 3.05) is 20.3 Å². The lowest BCUT2D eigenvalue weighted by molar-refractivity contribution is -0.136. The molecule has 24 heavy (non-hydrogen) atoms. The van der Waals surface area contributed by atoms with Gasteiger partial charge in [0.1, 0.15) is 5.75 Å². The first-order chi connectivity index (χ1) is 11.5. The molecular weight excluding hydrogens is 306 g/mol. The molecule has 0 fully saturated rings. The van der Waals surface area contributed by atoms with Crippen LogP contribution in [0, 0.1) is 0 Å². The summed E-state index contributed by atoms with van der Waals surface area (Å²) in [4.78, 5) is 26.4. The van der Waals surface area contributed by atoms with Gasteiger partial charge in [-0.3, -0.25) is 4.79 Å². The van der Waals surface area contributed by atoms with E-state index in [0.29, 0.717) is 30.2 Å². The van der Waals surface area contributed by atoms with Crippen molar-refractivity contribution < 1.29 is 19.1 Å². The maximum Gasteiger partial charge on any atom is 0.340 e. The van der Waals surface area contributed by atoms with Crippen molar-refractivity contribution in [2.24, 2.45) is 0 Å². The fraction of sp³-hybridized carbons (Fsp3) is 0.263. The minimum Gasteiger partial charge on any atom is -0.493 e. The summed E-state index contributed by atoms with van der Waals surface area (Å²) in [6.45, 7) is 8.11. The molecule has 0 radical (unpaired) electrons. The molecule has 5 heteroatoms. The SMILES string of the molecule is C=CCN1C(=O)/C(=C\c2ccccc2OCC)C(C(=O)OC)=C1C. The molecule has 0 saturated carbocycles. The maximum atomic E-state index is 12.7. The molecule has 1 aromatic rings. The summed E-state index contributed by atoms with van der Waals surface area (Å²) in [6, 6.07) is 7.37. The number of amides is 1. The van der Waals surface area contributed by atoms with E-state index in [2.05, 4.69) is 6.58 Å².